The normalized spacial score (nSPS) is 28.1. The van der Waals surface area contributed by atoms with E-state index < -0.39 is 11.0 Å². The molecule has 0 unspecified atom stereocenters. The Balaban J connectivity index is 2.04. The van der Waals surface area contributed by atoms with Crippen LogP contribution in [0.25, 0.3) is 0 Å². The van der Waals surface area contributed by atoms with Gasteiger partial charge in [0, 0.05) is 31.6 Å². The van der Waals surface area contributed by atoms with E-state index in [1.165, 1.54) is 7.11 Å². The van der Waals surface area contributed by atoms with Crippen molar-refractivity contribution in [3.63, 3.8) is 0 Å². The third-order valence-electron chi connectivity index (χ3n) is 4.39. The van der Waals surface area contributed by atoms with Crippen molar-refractivity contribution in [3.05, 3.63) is 0 Å². The fraction of sp³-hybridized carbons (Fsp3) is 0.857. The number of nitrogens with zero attached hydrogens (tertiary/aromatic N) is 1. The second-order valence-electron chi connectivity index (χ2n) is 7.04. The highest BCUT2D eigenvalue weighted by Crippen LogP contribution is 2.50. The van der Waals surface area contributed by atoms with Gasteiger partial charge < -0.3 is 19.7 Å². The van der Waals surface area contributed by atoms with Crippen LogP contribution < -0.4 is 5.32 Å². The summed E-state index contributed by atoms with van der Waals surface area (Å²) in [6, 6.07) is 0. The molecule has 114 valence electrons. The number of nitrogens with one attached hydrogen (secondary N) is 1. The standard InChI is InChI=1S/C14H24N2O4/c1-12(2,3)20-11(18)16-8-14(9-16)7-15-6-13(14,4)10(17)19-5/h15H,6-9H2,1-5H3/t13-/m0/s1. The molecule has 1 N–H and O–H groups in total. The topological polar surface area (TPSA) is 67.9 Å². The smallest absolute Gasteiger partial charge is 0.410 e. The Kier molecular flexibility index (Phi) is 3.48. The van der Waals surface area contributed by atoms with Crippen molar-refractivity contribution < 1.29 is 19.1 Å². The Bertz CT molecular complexity index is 423. The summed E-state index contributed by atoms with van der Waals surface area (Å²) >= 11 is 0. The average molecular weight is 284 g/mol. The van der Waals surface area contributed by atoms with Gasteiger partial charge >= 0.3 is 12.1 Å². The van der Waals surface area contributed by atoms with Gasteiger partial charge in [0.05, 0.1) is 12.5 Å². The van der Waals surface area contributed by atoms with Crippen molar-refractivity contribution in [3.8, 4) is 0 Å². The number of carbonyl (C=O) groups is 2. The lowest BCUT2D eigenvalue weighted by Crippen LogP contribution is -2.67. The largest absolute Gasteiger partial charge is 0.469 e. The summed E-state index contributed by atoms with van der Waals surface area (Å²) in [6.45, 7) is 9.80. The molecule has 2 aliphatic rings. The molecule has 1 amide bonds. The molecule has 20 heavy (non-hydrogen) atoms. The molecule has 2 aliphatic heterocycles. The Morgan fingerprint density at radius 3 is 2.30 bits per heavy atom. The maximum atomic E-state index is 12.1. The summed E-state index contributed by atoms with van der Waals surface area (Å²) in [5, 5.41) is 3.25. The minimum atomic E-state index is -0.583. The zero-order valence-electron chi connectivity index (χ0n) is 12.9. The van der Waals surface area contributed by atoms with E-state index in [0.29, 0.717) is 19.6 Å². The highest BCUT2D eigenvalue weighted by atomic mass is 16.6. The predicted molar refractivity (Wildman–Crippen MR) is 73.2 cm³/mol. The lowest BCUT2D eigenvalue weighted by Gasteiger charge is -2.53. The Morgan fingerprint density at radius 2 is 1.80 bits per heavy atom. The van der Waals surface area contributed by atoms with Gasteiger partial charge in [0.15, 0.2) is 0 Å². The molecule has 0 aromatic heterocycles. The van der Waals surface area contributed by atoms with Gasteiger partial charge in [-0.3, -0.25) is 4.79 Å². The Hall–Kier alpha value is -1.30. The van der Waals surface area contributed by atoms with Crippen LogP contribution >= 0.6 is 0 Å². The molecule has 0 aliphatic carbocycles. The van der Waals surface area contributed by atoms with Gasteiger partial charge in [-0.05, 0) is 27.7 Å². The molecular weight excluding hydrogens is 260 g/mol. The van der Waals surface area contributed by atoms with Crippen LogP contribution in [0.3, 0.4) is 0 Å². The number of likely N-dealkylation sites (tertiary alicyclic amines) is 1. The number of amides is 1. The summed E-state index contributed by atoms with van der Waals surface area (Å²) in [4.78, 5) is 25.7. The molecule has 2 saturated heterocycles. The Labute approximate surface area is 119 Å². The van der Waals surface area contributed by atoms with E-state index in [-0.39, 0.29) is 17.5 Å². The maximum absolute atomic E-state index is 12.1. The first-order chi connectivity index (χ1) is 9.13. The summed E-state index contributed by atoms with van der Waals surface area (Å²) < 4.78 is 10.3. The molecule has 2 fully saturated rings. The first-order valence-corrected chi connectivity index (χ1v) is 6.91. The van der Waals surface area contributed by atoms with Crippen molar-refractivity contribution in [2.75, 3.05) is 33.3 Å². The van der Waals surface area contributed by atoms with E-state index >= 15 is 0 Å². The minimum Gasteiger partial charge on any atom is -0.469 e. The first kappa shape index (κ1) is 15.1. The molecule has 0 aromatic carbocycles. The number of methoxy groups -OCH3 is 1. The minimum absolute atomic E-state index is 0.216. The molecule has 6 nitrogen and oxygen atoms in total. The second kappa shape index (κ2) is 4.62. The lowest BCUT2D eigenvalue weighted by atomic mass is 9.62. The summed E-state index contributed by atoms with van der Waals surface area (Å²) in [5.74, 6) is -0.216. The fourth-order valence-corrected chi connectivity index (χ4v) is 3.05. The van der Waals surface area contributed by atoms with Crippen LogP contribution in [-0.4, -0.2) is 55.9 Å². The summed E-state index contributed by atoms with van der Waals surface area (Å²) in [6.07, 6.45) is -0.317. The Morgan fingerprint density at radius 1 is 1.20 bits per heavy atom. The second-order valence-corrected chi connectivity index (χ2v) is 7.04. The van der Waals surface area contributed by atoms with E-state index in [1.807, 2.05) is 27.7 Å². The number of hydrogen-bond acceptors (Lipinski definition) is 5. The predicted octanol–water partition coefficient (Wildman–Crippen LogP) is 1.01. The lowest BCUT2D eigenvalue weighted by molar-refractivity contribution is -0.165. The molecule has 0 bridgehead atoms. The van der Waals surface area contributed by atoms with Crippen LogP contribution in [0.5, 0.6) is 0 Å². The van der Waals surface area contributed by atoms with Gasteiger partial charge in [-0.2, -0.15) is 0 Å². The number of rotatable bonds is 1. The molecule has 2 heterocycles. The van der Waals surface area contributed by atoms with Gasteiger partial charge in [-0.1, -0.05) is 0 Å². The number of esters is 1. The molecule has 1 spiro atoms. The van der Waals surface area contributed by atoms with Crippen LogP contribution in [0, 0.1) is 10.8 Å². The van der Waals surface area contributed by atoms with E-state index in [9.17, 15) is 9.59 Å². The molecule has 0 radical (unpaired) electrons. The maximum Gasteiger partial charge on any atom is 0.410 e. The molecule has 6 heteroatoms. The van der Waals surface area contributed by atoms with Gasteiger partial charge in [0.2, 0.25) is 0 Å². The van der Waals surface area contributed by atoms with Crippen LogP contribution in [-0.2, 0) is 14.3 Å². The molecule has 0 saturated carbocycles. The van der Waals surface area contributed by atoms with Crippen molar-refractivity contribution in [1.29, 1.82) is 0 Å². The first-order valence-electron chi connectivity index (χ1n) is 6.91. The van der Waals surface area contributed by atoms with Crippen molar-refractivity contribution in [2.45, 2.75) is 33.3 Å². The van der Waals surface area contributed by atoms with Crippen LogP contribution in [0.2, 0.25) is 0 Å². The zero-order valence-corrected chi connectivity index (χ0v) is 12.9. The fourth-order valence-electron chi connectivity index (χ4n) is 3.05. The average Bonchev–Trinajstić information content (AvgIpc) is 2.62. The quantitative estimate of drug-likeness (QED) is 0.728. The summed E-state index contributed by atoms with van der Waals surface area (Å²) in [7, 11) is 1.41. The number of carbonyl (C=O) groups excluding carboxylic acids is 2. The van der Waals surface area contributed by atoms with E-state index in [2.05, 4.69) is 5.32 Å². The third-order valence-corrected chi connectivity index (χ3v) is 4.39. The highest BCUT2D eigenvalue weighted by Gasteiger charge is 2.64. The van der Waals surface area contributed by atoms with E-state index in [4.69, 9.17) is 9.47 Å². The molecule has 2 rings (SSSR count). The van der Waals surface area contributed by atoms with E-state index in [0.717, 1.165) is 6.54 Å². The van der Waals surface area contributed by atoms with Gasteiger partial charge in [0.25, 0.3) is 0 Å². The van der Waals surface area contributed by atoms with Gasteiger partial charge in [-0.15, -0.1) is 0 Å². The molecule has 1 atom stereocenters. The molecular formula is C14H24N2O4. The highest BCUT2D eigenvalue weighted by molar-refractivity contribution is 5.80. The number of ether oxygens (including phenoxy) is 2. The van der Waals surface area contributed by atoms with Crippen molar-refractivity contribution in [2.24, 2.45) is 10.8 Å². The molecule has 0 aromatic rings. The van der Waals surface area contributed by atoms with Crippen LogP contribution in [0.1, 0.15) is 27.7 Å². The zero-order chi connectivity index (χ0) is 15.2. The third kappa shape index (κ3) is 2.26. The van der Waals surface area contributed by atoms with Crippen LogP contribution in [0.4, 0.5) is 4.79 Å². The SMILES string of the molecule is COC(=O)[C@]1(C)CNCC12CN(C(=O)OC(C)(C)C)C2. The monoisotopic (exact) mass is 284 g/mol. The van der Waals surface area contributed by atoms with Gasteiger partial charge in [0.1, 0.15) is 5.60 Å². The van der Waals surface area contributed by atoms with Crippen molar-refractivity contribution in [1.82, 2.24) is 10.2 Å². The summed E-state index contributed by atoms with van der Waals surface area (Å²) in [5.41, 5.74) is -1.32. The van der Waals surface area contributed by atoms with Gasteiger partial charge in [-0.25, -0.2) is 4.79 Å². The number of hydrogen-bond donors (Lipinski definition) is 1. The van der Waals surface area contributed by atoms with E-state index in [1.54, 1.807) is 4.90 Å². The van der Waals surface area contributed by atoms with Crippen molar-refractivity contribution >= 4 is 12.1 Å². The van der Waals surface area contributed by atoms with Crippen LogP contribution in [0.15, 0.2) is 0 Å².